The van der Waals surface area contributed by atoms with E-state index in [2.05, 4.69) is 19.7 Å². The molecular formula is C16H20O5. The molecule has 0 heterocycles. The molecule has 0 unspecified atom stereocenters. The van der Waals surface area contributed by atoms with Crippen LogP contribution in [0, 0.1) is 0 Å². The molecule has 5 heteroatoms. The number of aliphatic hydroxyl groups excluding tert-OH is 1. The van der Waals surface area contributed by atoms with Crippen molar-refractivity contribution >= 4 is 18.0 Å². The first-order valence-electron chi connectivity index (χ1n) is 5.84. The molecule has 114 valence electrons. The average molecular weight is 292 g/mol. The Morgan fingerprint density at radius 2 is 1.52 bits per heavy atom. The number of carbonyl (C=O) groups is 2. The molecule has 0 aliphatic heterocycles. The highest BCUT2D eigenvalue weighted by molar-refractivity contribution is 5.84. The minimum absolute atomic E-state index is 0.109. The Balaban J connectivity index is 0. The minimum Gasteiger partial charge on any atom is -0.478 e. The van der Waals surface area contributed by atoms with Gasteiger partial charge < -0.3 is 15.3 Å². The fourth-order valence-electron chi connectivity index (χ4n) is 0.759. The molecule has 0 aromatic heterocycles. The normalized spacial score (nSPS) is 8.10. The lowest BCUT2D eigenvalue weighted by atomic mass is 10.1. The second-order valence-corrected chi connectivity index (χ2v) is 3.73. The van der Waals surface area contributed by atoms with Crippen LogP contribution in [-0.4, -0.2) is 27.3 Å². The summed E-state index contributed by atoms with van der Waals surface area (Å²) in [5, 5.41) is 24.2. The van der Waals surface area contributed by atoms with Crippen molar-refractivity contribution in [3.8, 4) is 0 Å². The van der Waals surface area contributed by atoms with Crippen LogP contribution in [0.4, 0.5) is 0 Å². The van der Waals surface area contributed by atoms with Crippen LogP contribution in [0.15, 0.2) is 55.7 Å². The van der Waals surface area contributed by atoms with E-state index in [-0.39, 0.29) is 12.2 Å². The Morgan fingerprint density at radius 3 is 1.71 bits per heavy atom. The van der Waals surface area contributed by atoms with Crippen LogP contribution in [0.1, 0.15) is 18.1 Å². The van der Waals surface area contributed by atoms with Crippen molar-refractivity contribution in [3.63, 3.8) is 0 Å². The van der Waals surface area contributed by atoms with Gasteiger partial charge >= 0.3 is 11.9 Å². The minimum atomic E-state index is -0.981. The highest BCUT2D eigenvalue weighted by Crippen LogP contribution is 2.04. The van der Waals surface area contributed by atoms with Gasteiger partial charge in [0.25, 0.3) is 0 Å². The summed E-state index contributed by atoms with van der Waals surface area (Å²) in [6, 6.07) is 7.63. The van der Waals surface area contributed by atoms with E-state index in [1.54, 1.807) is 6.08 Å². The maximum absolute atomic E-state index is 9.60. The first-order valence-corrected chi connectivity index (χ1v) is 5.84. The van der Waals surface area contributed by atoms with Gasteiger partial charge in [0.2, 0.25) is 0 Å². The van der Waals surface area contributed by atoms with E-state index in [9.17, 15) is 9.59 Å². The molecule has 0 fully saturated rings. The number of rotatable bonds is 4. The van der Waals surface area contributed by atoms with Crippen molar-refractivity contribution in [2.24, 2.45) is 0 Å². The lowest BCUT2D eigenvalue weighted by Gasteiger charge is -1.94. The molecule has 1 aromatic carbocycles. The molecule has 0 bridgehead atoms. The van der Waals surface area contributed by atoms with Gasteiger partial charge in [0.15, 0.2) is 0 Å². The van der Waals surface area contributed by atoms with Crippen molar-refractivity contribution in [2.45, 2.75) is 13.5 Å². The number of carboxylic acids is 2. The second-order valence-electron chi connectivity index (χ2n) is 3.73. The predicted octanol–water partition coefficient (Wildman–Crippen LogP) is 2.73. The summed E-state index contributed by atoms with van der Waals surface area (Å²) in [7, 11) is 0. The Labute approximate surface area is 124 Å². The summed E-state index contributed by atoms with van der Waals surface area (Å²) in [4.78, 5) is 18.8. The molecule has 0 aliphatic rings. The van der Waals surface area contributed by atoms with Crippen molar-refractivity contribution < 1.29 is 24.9 Å². The Kier molecular flexibility index (Phi) is 12.2. The number of aliphatic hydroxyl groups is 1. The second kappa shape index (κ2) is 12.4. The van der Waals surface area contributed by atoms with Crippen LogP contribution in [0.3, 0.4) is 0 Å². The van der Waals surface area contributed by atoms with Gasteiger partial charge in [-0.25, -0.2) is 9.59 Å². The van der Waals surface area contributed by atoms with Crippen LogP contribution in [0.2, 0.25) is 0 Å². The zero-order valence-electron chi connectivity index (χ0n) is 12.0. The number of benzene rings is 1. The fourth-order valence-corrected chi connectivity index (χ4v) is 0.759. The van der Waals surface area contributed by atoms with Gasteiger partial charge in [-0.15, -0.1) is 0 Å². The maximum atomic E-state index is 9.60. The van der Waals surface area contributed by atoms with Gasteiger partial charge in [-0.1, -0.05) is 50.1 Å². The SMILES string of the molecule is C=C(C)C(=O)O.C=CC(=O)O.C=Cc1ccc(CO)cc1. The molecular weight excluding hydrogens is 272 g/mol. The molecule has 0 spiro atoms. The van der Waals surface area contributed by atoms with Gasteiger partial charge in [-0.2, -0.15) is 0 Å². The quantitative estimate of drug-likeness (QED) is 0.742. The topological polar surface area (TPSA) is 94.8 Å². The Bertz CT molecular complexity index is 474. The van der Waals surface area contributed by atoms with Crippen LogP contribution >= 0.6 is 0 Å². The number of hydrogen-bond acceptors (Lipinski definition) is 3. The maximum Gasteiger partial charge on any atom is 0.330 e. The van der Waals surface area contributed by atoms with Gasteiger partial charge in [-0.05, 0) is 18.1 Å². The number of hydrogen-bond donors (Lipinski definition) is 3. The van der Waals surface area contributed by atoms with E-state index in [1.165, 1.54) is 6.92 Å². The molecule has 0 aliphatic carbocycles. The average Bonchev–Trinajstić information content (AvgIpc) is 2.48. The summed E-state index contributed by atoms with van der Waals surface area (Å²) in [5.41, 5.74) is 2.19. The largest absolute Gasteiger partial charge is 0.478 e. The summed E-state index contributed by atoms with van der Waals surface area (Å²) < 4.78 is 0. The van der Waals surface area contributed by atoms with E-state index >= 15 is 0 Å². The highest BCUT2D eigenvalue weighted by atomic mass is 16.4. The molecule has 1 rings (SSSR count). The first-order chi connectivity index (χ1) is 9.78. The molecule has 0 saturated heterocycles. The molecule has 1 aromatic rings. The summed E-state index contributed by atoms with van der Waals surface area (Å²) in [5.74, 6) is -1.92. The number of carboxylic acid groups (broad SMARTS) is 2. The van der Waals surface area contributed by atoms with Gasteiger partial charge in [0.1, 0.15) is 0 Å². The lowest BCUT2D eigenvalue weighted by molar-refractivity contribution is -0.133. The van der Waals surface area contributed by atoms with Gasteiger partial charge in [-0.3, -0.25) is 0 Å². The Hall–Kier alpha value is -2.66. The van der Waals surface area contributed by atoms with Crippen molar-refractivity contribution in [1.29, 1.82) is 0 Å². The molecule has 0 amide bonds. The molecule has 0 atom stereocenters. The van der Waals surface area contributed by atoms with Crippen LogP contribution < -0.4 is 0 Å². The van der Waals surface area contributed by atoms with Gasteiger partial charge in [0.05, 0.1) is 6.61 Å². The third kappa shape index (κ3) is 13.6. The van der Waals surface area contributed by atoms with Gasteiger partial charge in [0, 0.05) is 11.6 Å². The van der Waals surface area contributed by atoms with Crippen molar-refractivity contribution in [1.82, 2.24) is 0 Å². The number of aliphatic carboxylic acids is 2. The van der Waals surface area contributed by atoms with Crippen LogP contribution in [0.25, 0.3) is 6.08 Å². The van der Waals surface area contributed by atoms with E-state index in [0.717, 1.165) is 17.2 Å². The van der Waals surface area contributed by atoms with Crippen LogP contribution in [0.5, 0.6) is 0 Å². The predicted molar refractivity (Wildman–Crippen MR) is 82.7 cm³/mol. The molecule has 21 heavy (non-hydrogen) atoms. The lowest BCUT2D eigenvalue weighted by Crippen LogP contribution is -1.92. The van der Waals surface area contributed by atoms with E-state index in [0.29, 0.717) is 0 Å². The van der Waals surface area contributed by atoms with E-state index < -0.39 is 11.9 Å². The van der Waals surface area contributed by atoms with Crippen LogP contribution in [-0.2, 0) is 16.2 Å². The summed E-state index contributed by atoms with van der Waals surface area (Å²) in [6.07, 6.45) is 2.61. The Morgan fingerprint density at radius 1 is 1.14 bits per heavy atom. The third-order valence-corrected chi connectivity index (χ3v) is 1.94. The standard InChI is InChI=1S/C9H10O.C4H6O2.C3H4O2/c1-2-8-3-5-9(7-10)6-4-8;1-3(2)4(5)6;1-2-3(4)5/h2-6,10H,1,7H2;1H2,2H3,(H,5,6);2H,1H2,(H,4,5). The monoisotopic (exact) mass is 292 g/mol. The molecule has 5 nitrogen and oxygen atoms in total. The molecule has 3 N–H and O–H groups in total. The van der Waals surface area contributed by atoms with E-state index in [1.807, 2.05) is 24.3 Å². The summed E-state index contributed by atoms with van der Waals surface area (Å²) >= 11 is 0. The smallest absolute Gasteiger partial charge is 0.330 e. The highest BCUT2D eigenvalue weighted by Gasteiger charge is 1.90. The molecule has 0 saturated carbocycles. The van der Waals surface area contributed by atoms with Crippen molar-refractivity contribution in [3.05, 3.63) is 66.8 Å². The van der Waals surface area contributed by atoms with E-state index in [4.69, 9.17) is 15.3 Å². The zero-order valence-corrected chi connectivity index (χ0v) is 12.0. The zero-order chi connectivity index (χ0) is 16.8. The summed E-state index contributed by atoms with van der Waals surface area (Å²) in [6.45, 7) is 11.3. The molecule has 0 radical (unpaired) electrons. The third-order valence-electron chi connectivity index (χ3n) is 1.94. The van der Waals surface area contributed by atoms with Crippen molar-refractivity contribution in [2.75, 3.05) is 0 Å². The fraction of sp³-hybridized carbons (Fsp3) is 0.125. The first kappa shape index (κ1) is 20.7.